The highest BCUT2D eigenvalue weighted by molar-refractivity contribution is 7.99. The van der Waals surface area contributed by atoms with E-state index in [4.69, 9.17) is 16.6 Å². The minimum atomic E-state index is -0.00394. The van der Waals surface area contributed by atoms with Crippen molar-refractivity contribution in [2.75, 3.05) is 55.8 Å². The van der Waals surface area contributed by atoms with Crippen molar-refractivity contribution >= 4 is 93.2 Å². The van der Waals surface area contributed by atoms with E-state index in [9.17, 15) is 4.79 Å². The van der Waals surface area contributed by atoms with Gasteiger partial charge in [-0.2, -0.15) is 0 Å². The Bertz CT molecular complexity index is 874. The number of benzene rings is 1. The van der Waals surface area contributed by atoms with Crippen LogP contribution in [0.2, 0.25) is 5.02 Å². The molecule has 5 rings (SSSR count). The molecule has 0 radical (unpaired) electrons. The Morgan fingerprint density at radius 1 is 1.13 bits per heavy atom. The van der Waals surface area contributed by atoms with E-state index in [0.717, 1.165) is 73.0 Å². The second-order valence-electron chi connectivity index (χ2n) is 7.62. The number of thioether (sulfide) groups is 1. The van der Waals surface area contributed by atoms with E-state index in [-0.39, 0.29) is 43.3 Å². The van der Waals surface area contributed by atoms with Gasteiger partial charge >= 0.3 is 0 Å². The van der Waals surface area contributed by atoms with E-state index < -0.39 is 0 Å². The van der Waals surface area contributed by atoms with Crippen LogP contribution in [0.15, 0.2) is 18.2 Å². The predicted octanol–water partition coefficient (Wildman–Crippen LogP) is 3.60. The molecule has 6 nitrogen and oxygen atoms in total. The standard InChI is InChI=1S/C19H24ClN5OS2.3ClH/c20-13-1-2-17-15(9-13)22-19(28-17)24-5-3-23(4-6-24)14-10-16(21-11-14)18(26)25-7-8-27-12-25;;;/h1-2,9,14,16,21H,3-8,10-12H2;3*1H/t14-,16-;;;/m0.../s1. The molecule has 0 saturated carbocycles. The first kappa shape index (κ1) is 27.1. The number of carbonyl (C=O) groups excluding carboxylic acids is 1. The summed E-state index contributed by atoms with van der Waals surface area (Å²) in [6, 6.07) is 6.37. The lowest BCUT2D eigenvalue weighted by molar-refractivity contribution is -0.131. The number of fused-ring (bicyclic) bond motifs is 1. The fourth-order valence-electron chi connectivity index (χ4n) is 4.29. The average molecular weight is 547 g/mol. The van der Waals surface area contributed by atoms with E-state index in [1.165, 1.54) is 4.70 Å². The lowest BCUT2D eigenvalue weighted by atomic mass is 10.1. The fraction of sp³-hybridized carbons (Fsp3) is 0.579. The van der Waals surface area contributed by atoms with Gasteiger partial charge in [-0.3, -0.25) is 9.69 Å². The van der Waals surface area contributed by atoms with E-state index in [1.807, 2.05) is 28.8 Å². The number of amides is 1. The number of halogens is 4. The molecule has 31 heavy (non-hydrogen) atoms. The Balaban J connectivity index is 0.00000114. The van der Waals surface area contributed by atoms with Crippen LogP contribution in [0.3, 0.4) is 0 Å². The normalized spacial score (nSPS) is 23.9. The molecule has 3 saturated heterocycles. The largest absolute Gasteiger partial charge is 0.345 e. The van der Waals surface area contributed by atoms with Gasteiger partial charge in [0.15, 0.2) is 5.13 Å². The topological polar surface area (TPSA) is 51.7 Å². The van der Waals surface area contributed by atoms with Crippen molar-refractivity contribution in [1.82, 2.24) is 20.1 Å². The summed E-state index contributed by atoms with van der Waals surface area (Å²) >= 11 is 9.68. The zero-order chi connectivity index (χ0) is 19.1. The van der Waals surface area contributed by atoms with Crippen molar-refractivity contribution < 1.29 is 4.79 Å². The molecule has 0 aliphatic carbocycles. The zero-order valence-electron chi connectivity index (χ0n) is 16.9. The predicted molar refractivity (Wildman–Crippen MR) is 139 cm³/mol. The Morgan fingerprint density at radius 3 is 2.61 bits per heavy atom. The fourth-order valence-corrected chi connectivity index (χ4v) is 6.41. The summed E-state index contributed by atoms with van der Waals surface area (Å²) in [5, 5.41) is 5.29. The SMILES string of the molecule is Cl.Cl.Cl.O=C([C@@H]1C[C@H](N2CCN(c3nc4cc(Cl)ccc4s3)CC2)CN1)N1CCSC1. The molecule has 2 aromatic rings. The highest BCUT2D eigenvalue weighted by Gasteiger charge is 2.36. The first-order chi connectivity index (χ1) is 13.7. The van der Waals surface area contributed by atoms with E-state index in [1.54, 1.807) is 11.3 Å². The number of hydrogen-bond donors (Lipinski definition) is 1. The van der Waals surface area contributed by atoms with Gasteiger partial charge in [0, 0.05) is 56.1 Å². The number of aromatic nitrogens is 1. The Hall–Kier alpha value is -0.190. The maximum atomic E-state index is 12.6. The minimum Gasteiger partial charge on any atom is -0.345 e. The Labute approximate surface area is 214 Å². The van der Waals surface area contributed by atoms with Gasteiger partial charge in [0.1, 0.15) is 0 Å². The molecule has 12 heteroatoms. The maximum absolute atomic E-state index is 12.6. The van der Waals surface area contributed by atoms with Crippen molar-refractivity contribution in [1.29, 1.82) is 0 Å². The van der Waals surface area contributed by atoms with Crippen molar-refractivity contribution in [3.05, 3.63) is 23.2 Å². The van der Waals surface area contributed by atoms with Crippen LogP contribution < -0.4 is 10.2 Å². The van der Waals surface area contributed by atoms with Crippen molar-refractivity contribution in [3.63, 3.8) is 0 Å². The third kappa shape index (κ3) is 5.84. The molecule has 3 aliphatic rings. The van der Waals surface area contributed by atoms with Crippen LogP contribution in [0.5, 0.6) is 0 Å². The number of nitrogens with zero attached hydrogens (tertiary/aromatic N) is 4. The number of piperazine rings is 1. The van der Waals surface area contributed by atoms with E-state index >= 15 is 0 Å². The quantitative estimate of drug-likeness (QED) is 0.634. The third-order valence-corrected chi connectivity index (χ3v) is 8.21. The van der Waals surface area contributed by atoms with E-state index in [2.05, 4.69) is 21.2 Å². The summed E-state index contributed by atoms with van der Waals surface area (Å²) in [4.78, 5) is 24.3. The average Bonchev–Trinajstić information content (AvgIpc) is 3.47. The van der Waals surface area contributed by atoms with Crippen LogP contribution in [0.25, 0.3) is 10.2 Å². The van der Waals surface area contributed by atoms with Crippen molar-refractivity contribution in [3.8, 4) is 0 Å². The van der Waals surface area contributed by atoms with Crippen LogP contribution in [0.4, 0.5) is 5.13 Å². The van der Waals surface area contributed by atoms with Gasteiger partial charge in [0.2, 0.25) is 5.91 Å². The molecule has 0 bridgehead atoms. The second kappa shape index (κ2) is 11.8. The number of anilines is 1. The molecule has 2 atom stereocenters. The monoisotopic (exact) mass is 545 g/mol. The summed E-state index contributed by atoms with van der Waals surface area (Å²) in [7, 11) is 0. The first-order valence-electron chi connectivity index (χ1n) is 9.82. The summed E-state index contributed by atoms with van der Waals surface area (Å²) in [5.41, 5.74) is 0.983. The maximum Gasteiger partial charge on any atom is 0.240 e. The van der Waals surface area contributed by atoms with Crippen LogP contribution in [-0.2, 0) is 4.79 Å². The van der Waals surface area contributed by atoms with Gasteiger partial charge in [-0.1, -0.05) is 22.9 Å². The number of thiazole rings is 1. The molecule has 3 fully saturated rings. The van der Waals surface area contributed by atoms with Gasteiger partial charge in [-0.25, -0.2) is 4.98 Å². The highest BCUT2D eigenvalue weighted by Crippen LogP contribution is 2.31. The van der Waals surface area contributed by atoms with Gasteiger partial charge in [-0.05, 0) is 24.6 Å². The number of nitrogens with one attached hydrogen (secondary N) is 1. The molecule has 3 aliphatic heterocycles. The molecule has 1 amide bonds. The summed E-state index contributed by atoms with van der Waals surface area (Å²) in [5.74, 6) is 2.22. The Morgan fingerprint density at radius 2 is 1.90 bits per heavy atom. The van der Waals surface area contributed by atoms with Crippen molar-refractivity contribution in [2.24, 2.45) is 0 Å². The molecular formula is C19H27Cl4N5OS2. The van der Waals surface area contributed by atoms with Crippen molar-refractivity contribution in [2.45, 2.75) is 18.5 Å². The molecule has 1 aromatic heterocycles. The number of rotatable bonds is 3. The third-order valence-electron chi connectivity index (χ3n) is 5.91. The number of hydrogen-bond acceptors (Lipinski definition) is 7. The molecule has 1 aromatic carbocycles. The van der Waals surface area contributed by atoms with Gasteiger partial charge in [0.05, 0.1) is 22.1 Å². The van der Waals surface area contributed by atoms with E-state index in [0.29, 0.717) is 11.9 Å². The van der Waals surface area contributed by atoms with Gasteiger partial charge in [-0.15, -0.1) is 49.0 Å². The molecule has 174 valence electrons. The number of carbonyl (C=O) groups is 1. The smallest absolute Gasteiger partial charge is 0.240 e. The minimum absolute atomic E-state index is 0. The van der Waals surface area contributed by atoms with Crippen LogP contribution in [-0.4, -0.2) is 83.7 Å². The van der Waals surface area contributed by atoms with Gasteiger partial charge in [0.25, 0.3) is 0 Å². The second-order valence-corrected chi connectivity index (χ2v) is 10.1. The summed E-state index contributed by atoms with van der Waals surface area (Å²) in [6.07, 6.45) is 0.930. The molecule has 4 heterocycles. The lowest BCUT2D eigenvalue weighted by Crippen LogP contribution is -2.51. The van der Waals surface area contributed by atoms with Gasteiger partial charge < -0.3 is 15.1 Å². The highest BCUT2D eigenvalue weighted by atomic mass is 35.5. The first-order valence-corrected chi connectivity index (χ1v) is 12.2. The Kier molecular flexibility index (Phi) is 10.3. The summed E-state index contributed by atoms with van der Waals surface area (Å²) < 4.78 is 1.18. The summed E-state index contributed by atoms with van der Waals surface area (Å²) in [6.45, 7) is 5.80. The lowest BCUT2D eigenvalue weighted by Gasteiger charge is -2.37. The molecular weight excluding hydrogens is 520 g/mol. The van der Waals surface area contributed by atoms with Crippen LogP contribution in [0, 0.1) is 0 Å². The molecule has 1 N–H and O–H groups in total. The zero-order valence-corrected chi connectivity index (χ0v) is 21.7. The van der Waals surface area contributed by atoms with Crippen LogP contribution in [0.1, 0.15) is 6.42 Å². The van der Waals surface area contributed by atoms with Crippen LogP contribution >= 0.6 is 71.9 Å². The molecule has 0 unspecified atom stereocenters. The molecule has 0 spiro atoms.